The molecule has 1 aliphatic carbocycles. The van der Waals surface area contributed by atoms with Gasteiger partial charge in [0.25, 0.3) is 0 Å². The normalized spacial score (nSPS) is 16.1. The van der Waals surface area contributed by atoms with E-state index in [4.69, 9.17) is 0 Å². The number of rotatable bonds is 3. The number of aliphatic hydroxyl groups excluding tert-OH is 1. The summed E-state index contributed by atoms with van der Waals surface area (Å²) in [7, 11) is 0. The van der Waals surface area contributed by atoms with Crippen molar-refractivity contribution in [2.75, 3.05) is 0 Å². The largest absolute Gasteiger partial charge is 0.390 e. The summed E-state index contributed by atoms with van der Waals surface area (Å²) in [4.78, 5) is 6.64. The zero-order chi connectivity index (χ0) is 12.8. The van der Waals surface area contributed by atoms with E-state index in [2.05, 4.69) is 10.1 Å². The van der Waals surface area contributed by atoms with Gasteiger partial charge in [0.15, 0.2) is 0 Å². The first kappa shape index (κ1) is 11.6. The molecule has 0 atom stereocenters. The van der Waals surface area contributed by atoms with Crippen molar-refractivity contribution >= 4 is 27.6 Å². The summed E-state index contributed by atoms with van der Waals surface area (Å²) in [5.74, 6) is 0.614. The highest BCUT2D eigenvalue weighted by Crippen LogP contribution is 2.39. The fourth-order valence-electron chi connectivity index (χ4n) is 2.38. The smallest absolute Gasteiger partial charge is 0.213 e. The lowest BCUT2D eigenvalue weighted by atomic mass is 9.86. The van der Waals surface area contributed by atoms with Gasteiger partial charge in [-0.15, -0.1) is 11.3 Å². The van der Waals surface area contributed by atoms with Gasteiger partial charge >= 0.3 is 0 Å². The molecule has 3 aromatic rings. The number of aromatic nitrogens is 3. The van der Waals surface area contributed by atoms with Gasteiger partial charge in [0.05, 0.1) is 17.2 Å². The molecule has 0 aromatic carbocycles. The van der Waals surface area contributed by atoms with Crippen molar-refractivity contribution in [3.8, 4) is 10.6 Å². The number of nitrogens with zero attached hydrogens (tertiary/aromatic N) is 3. The van der Waals surface area contributed by atoms with E-state index in [-0.39, 0.29) is 6.61 Å². The van der Waals surface area contributed by atoms with Crippen LogP contribution in [0, 0.1) is 0 Å². The Kier molecular flexibility index (Phi) is 2.68. The third-order valence-corrected chi connectivity index (χ3v) is 5.62. The summed E-state index contributed by atoms with van der Waals surface area (Å²) in [6.07, 6.45) is 3.78. The van der Waals surface area contributed by atoms with E-state index in [1.165, 1.54) is 24.3 Å². The summed E-state index contributed by atoms with van der Waals surface area (Å²) in [6.45, 7) is -0.0256. The Morgan fingerprint density at radius 2 is 2.32 bits per heavy atom. The highest BCUT2D eigenvalue weighted by Gasteiger charge is 2.25. The molecule has 0 bridgehead atoms. The third-order valence-electron chi connectivity index (χ3n) is 3.67. The van der Waals surface area contributed by atoms with Crippen LogP contribution in [0.1, 0.15) is 35.9 Å². The third kappa shape index (κ3) is 1.74. The van der Waals surface area contributed by atoms with Crippen molar-refractivity contribution < 1.29 is 5.11 Å². The minimum atomic E-state index is -0.0256. The SMILES string of the molecule is OCc1c(-c2cccs2)nc2sc(C3CCC3)nn12. The lowest BCUT2D eigenvalue weighted by Gasteiger charge is -2.21. The number of hydrogen-bond donors (Lipinski definition) is 1. The van der Waals surface area contributed by atoms with Crippen LogP contribution in [0.5, 0.6) is 0 Å². The van der Waals surface area contributed by atoms with Crippen LogP contribution in [-0.4, -0.2) is 19.7 Å². The lowest BCUT2D eigenvalue weighted by Crippen LogP contribution is -2.09. The van der Waals surface area contributed by atoms with Crippen molar-refractivity contribution in [1.29, 1.82) is 0 Å². The lowest BCUT2D eigenvalue weighted by molar-refractivity contribution is 0.274. The first-order chi connectivity index (χ1) is 9.36. The Labute approximate surface area is 118 Å². The molecule has 3 aromatic heterocycles. The maximum atomic E-state index is 9.63. The summed E-state index contributed by atoms with van der Waals surface area (Å²) < 4.78 is 1.83. The van der Waals surface area contributed by atoms with Crippen LogP contribution in [0.15, 0.2) is 17.5 Å². The van der Waals surface area contributed by atoms with Crippen LogP contribution in [-0.2, 0) is 6.61 Å². The molecule has 0 spiro atoms. The van der Waals surface area contributed by atoms with Crippen LogP contribution in [0.3, 0.4) is 0 Å². The maximum Gasteiger partial charge on any atom is 0.213 e. The second kappa shape index (κ2) is 4.40. The van der Waals surface area contributed by atoms with Gasteiger partial charge < -0.3 is 5.11 Å². The molecule has 4 nitrogen and oxygen atoms in total. The number of fused-ring (bicyclic) bond motifs is 1. The van der Waals surface area contributed by atoms with Crippen molar-refractivity contribution in [3.05, 3.63) is 28.2 Å². The van der Waals surface area contributed by atoms with Gasteiger partial charge in [0, 0.05) is 5.92 Å². The molecule has 6 heteroatoms. The van der Waals surface area contributed by atoms with Crippen LogP contribution in [0.2, 0.25) is 0 Å². The Balaban J connectivity index is 1.85. The Morgan fingerprint density at radius 3 is 2.95 bits per heavy atom. The average Bonchev–Trinajstić information content (AvgIpc) is 2.98. The fourth-order valence-corrected chi connectivity index (χ4v) is 4.20. The van der Waals surface area contributed by atoms with Gasteiger partial charge in [-0.3, -0.25) is 0 Å². The van der Waals surface area contributed by atoms with Crippen molar-refractivity contribution in [2.45, 2.75) is 31.8 Å². The molecular formula is C13H13N3OS2. The van der Waals surface area contributed by atoms with Crippen molar-refractivity contribution in [2.24, 2.45) is 0 Å². The average molecular weight is 291 g/mol. The van der Waals surface area contributed by atoms with E-state index in [1.807, 2.05) is 22.0 Å². The predicted octanol–water partition coefficient (Wildman–Crippen LogP) is 3.28. The minimum Gasteiger partial charge on any atom is -0.390 e. The van der Waals surface area contributed by atoms with Crippen LogP contribution >= 0.6 is 22.7 Å². The molecular weight excluding hydrogens is 278 g/mol. The monoisotopic (exact) mass is 291 g/mol. The zero-order valence-corrected chi connectivity index (χ0v) is 11.9. The Hall–Kier alpha value is -1.24. The summed E-state index contributed by atoms with van der Waals surface area (Å²) >= 11 is 3.30. The van der Waals surface area contributed by atoms with E-state index in [1.54, 1.807) is 22.7 Å². The van der Waals surface area contributed by atoms with E-state index < -0.39 is 0 Å². The first-order valence-corrected chi connectivity index (χ1v) is 8.09. The molecule has 98 valence electrons. The molecule has 1 saturated carbocycles. The Morgan fingerprint density at radius 1 is 1.42 bits per heavy atom. The molecule has 0 unspecified atom stereocenters. The predicted molar refractivity (Wildman–Crippen MR) is 76.7 cm³/mol. The molecule has 1 fully saturated rings. The van der Waals surface area contributed by atoms with Crippen molar-refractivity contribution in [1.82, 2.24) is 14.6 Å². The Bertz CT molecular complexity index is 710. The highest BCUT2D eigenvalue weighted by atomic mass is 32.1. The van der Waals surface area contributed by atoms with Crippen LogP contribution < -0.4 is 0 Å². The fraction of sp³-hybridized carbons (Fsp3) is 0.385. The molecule has 3 heterocycles. The highest BCUT2D eigenvalue weighted by molar-refractivity contribution is 7.17. The van der Waals surface area contributed by atoms with Gasteiger partial charge in [0.1, 0.15) is 10.7 Å². The summed E-state index contributed by atoms with van der Waals surface area (Å²) in [5, 5.41) is 17.5. The summed E-state index contributed by atoms with van der Waals surface area (Å²) in [6, 6.07) is 4.03. The van der Waals surface area contributed by atoms with Gasteiger partial charge in [-0.1, -0.05) is 23.8 Å². The molecule has 0 radical (unpaired) electrons. The molecule has 0 aliphatic heterocycles. The molecule has 0 amide bonds. The van der Waals surface area contributed by atoms with E-state index in [9.17, 15) is 5.11 Å². The number of hydrogen-bond acceptors (Lipinski definition) is 5. The number of aliphatic hydroxyl groups is 1. The molecule has 1 aliphatic rings. The zero-order valence-electron chi connectivity index (χ0n) is 10.2. The number of imidazole rings is 1. The van der Waals surface area contributed by atoms with E-state index in [0.29, 0.717) is 5.92 Å². The maximum absolute atomic E-state index is 9.63. The standard InChI is InChI=1S/C13H13N3OS2/c17-7-9-11(10-5-2-6-18-10)14-13-16(9)15-12(19-13)8-3-1-4-8/h2,5-6,8,17H,1,3-4,7H2. The van der Waals surface area contributed by atoms with Gasteiger partial charge in [-0.25, -0.2) is 9.50 Å². The van der Waals surface area contributed by atoms with E-state index in [0.717, 1.165) is 21.2 Å². The van der Waals surface area contributed by atoms with Gasteiger partial charge in [0.2, 0.25) is 4.96 Å². The quantitative estimate of drug-likeness (QED) is 0.805. The molecule has 0 saturated heterocycles. The van der Waals surface area contributed by atoms with Gasteiger partial charge in [-0.2, -0.15) is 5.10 Å². The summed E-state index contributed by atoms with van der Waals surface area (Å²) in [5.41, 5.74) is 1.68. The van der Waals surface area contributed by atoms with Crippen LogP contribution in [0.25, 0.3) is 15.5 Å². The van der Waals surface area contributed by atoms with Crippen molar-refractivity contribution in [3.63, 3.8) is 0 Å². The topological polar surface area (TPSA) is 50.4 Å². The second-order valence-corrected chi connectivity index (χ2v) is 6.74. The van der Waals surface area contributed by atoms with Crippen LogP contribution in [0.4, 0.5) is 0 Å². The van der Waals surface area contributed by atoms with E-state index >= 15 is 0 Å². The molecule has 4 rings (SSSR count). The molecule has 19 heavy (non-hydrogen) atoms. The molecule has 1 N–H and O–H groups in total. The first-order valence-electron chi connectivity index (χ1n) is 6.40. The van der Waals surface area contributed by atoms with Gasteiger partial charge in [-0.05, 0) is 24.3 Å². The minimum absolute atomic E-state index is 0.0256. The second-order valence-electron chi connectivity index (χ2n) is 4.81. The number of thiophene rings is 1.